The zero-order valence-corrected chi connectivity index (χ0v) is 18.4. The Morgan fingerprint density at radius 1 is 1.36 bits per heavy atom. The van der Waals surface area contributed by atoms with E-state index in [4.69, 9.17) is 18.9 Å². The number of aromatic nitrogens is 1. The molecule has 3 atom stereocenters. The standard InChI is InChI=1S/C19H30N2O6S/c1-12(15(22)26-7)14-9-20-16(28-14)19(11-24-5)8-13(25-6)10-21(19)17(23)27-18(2,3)4/h9,12-13H,8,10-11H2,1-7H3/t12?,13-,19+/m0/s1. The molecule has 1 unspecified atom stereocenters. The molecule has 0 radical (unpaired) electrons. The fraction of sp³-hybridized carbons (Fsp3) is 0.737. The Morgan fingerprint density at radius 3 is 2.57 bits per heavy atom. The van der Waals surface area contributed by atoms with E-state index in [9.17, 15) is 9.59 Å². The van der Waals surface area contributed by atoms with Crippen molar-refractivity contribution in [2.24, 2.45) is 0 Å². The van der Waals surface area contributed by atoms with E-state index in [0.717, 1.165) is 4.88 Å². The largest absolute Gasteiger partial charge is 0.469 e. The van der Waals surface area contributed by atoms with Crippen LogP contribution in [0, 0.1) is 0 Å². The van der Waals surface area contributed by atoms with Crippen LogP contribution < -0.4 is 0 Å². The van der Waals surface area contributed by atoms with Gasteiger partial charge in [-0.1, -0.05) is 0 Å². The summed E-state index contributed by atoms with van der Waals surface area (Å²) in [6, 6.07) is 0. The molecule has 1 aromatic rings. The Labute approximate surface area is 170 Å². The lowest BCUT2D eigenvalue weighted by atomic mass is 9.97. The maximum absolute atomic E-state index is 13.0. The Hall–Kier alpha value is -1.71. The molecule has 28 heavy (non-hydrogen) atoms. The first kappa shape index (κ1) is 22.6. The van der Waals surface area contributed by atoms with Gasteiger partial charge in [-0.3, -0.25) is 9.69 Å². The first-order valence-corrected chi connectivity index (χ1v) is 9.96. The molecule has 0 aromatic carbocycles. The highest BCUT2D eigenvalue weighted by molar-refractivity contribution is 7.12. The number of methoxy groups -OCH3 is 3. The first-order chi connectivity index (χ1) is 13.1. The summed E-state index contributed by atoms with van der Waals surface area (Å²) in [6.45, 7) is 7.86. The average Bonchev–Trinajstić information content (AvgIpc) is 3.25. The van der Waals surface area contributed by atoms with Crippen LogP contribution in [0.15, 0.2) is 6.20 Å². The number of likely N-dealkylation sites (tertiary alicyclic amines) is 1. The highest BCUT2D eigenvalue weighted by atomic mass is 32.1. The summed E-state index contributed by atoms with van der Waals surface area (Å²) >= 11 is 1.38. The normalized spacial score (nSPS) is 23.5. The summed E-state index contributed by atoms with van der Waals surface area (Å²) < 4.78 is 21.5. The van der Waals surface area contributed by atoms with Crippen LogP contribution in [0.5, 0.6) is 0 Å². The molecule has 0 bridgehead atoms. The van der Waals surface area contributed by atoms with Crippen LogP contribution in [0.1, 0.15) is 49.9 Å². The Morgan fingerprint density at radius 2 is 2.04 bits per heavy atom. The molecule has 1 fully saturated rings. The minimum atomic E-state index is -0.823. The molecular formula is C19H30N2O6S. The molecule has 1 aliphatic rings. The fourth-order valence-corrected chi connectivity index (χ4v) is 4.44. The van der Waals surface area contributed by atoms with Gasteiger partial charge in [0.2, 0.25) is 0 Å². The maximum atomic E-state index is 13.0. The van der Waals surface area contributed by atoms with Gasteiger partial charge in [0, 0.05) is 31.7 Å². The number of ether oxygens (including phenoxy) is 4. The van der Waals surface area contributed by atoms with Crippen LogP contribution in [0.4, 0.5) is 4.79 Å². The quantitative estimate of drug-likeness (QED) is 0.662. The Kier molecular flexibility index (Phi) is 7.06. The first-order valence-electron chi connectivity index (χ1n) is 9.14. The lowest BCUT2D eigenvalue weighted by Gasteiger charge is -2.36. The second-order valence-electron chi connectivity index (χ2n) is 7.93. The van der Waals surface area contributed by atoms with Crippen molar-refractivity contribution in [2.75, 3.05) is 34.5 Å². The van der Waals surface area contributed by atoms with Crippen LogP contribution in [0.3, 0.4) is 0 Å². The van der Waals surface area contributed by atoms with Gasteiger partial charge in [-0.05, 0) is 27.7 Å². The second-order valence-corrected chi connectivity index (χ2v) is 8.99. The van der Waals surface area contributed by atoms with Crippen molar-refractivity contribution >= 4 is 23.4 Å². The minimum Gasteiger partial charge on any atom is -0.469 e. The van der Waals surface area contributed by atoms with Gasteiger partial charge < -0.3 is 18.9 Å². The number of carbonyl (C=O) groups excluding carboxylic acids is 2. The van der Waals surface area contributed by atoms with Gasteiger partial charge in [0.05, 0.1) is 32.3 Å². The number of rotatable bonds is 6. The molecule has 1 saturated heterocycles. The molecule has 2 heterocycles. The second kappa shape index (κ2) is 8.75. The molecule has 9 heteroatoms. The number of nitrogens with zero attached hydrogens (tertiary/aromatic N) is 2. The molecule has 0 aliphatic carbocycles. The van der Waals surface area contributed by atoms with E-state index in [1.807, 2.05) is 20.8 Å². The van der Waals surface area contributed by atoms with Gasteiger partial charge >= 0.3 is 12.1 Å². The monoisotopic (exact) mass is 414 g/mol. The van der Waals surface area contributed by atoms with Crippen molar-refractivity contribution in [1.29, 1.82) is 0 Å². The van der Waals surface area contributed by atoms with Crippen molar-refractivity contribution in [1.82, 2.24) is 9.88 Å². The van der Waals surface area contributed by atoms with Crippen molar-refractivity contribution in [3.63, 3.8) is 0 Å². The molecule has 0 N–H and O–H groups in total. The molecule has 1 amide bonds. The molecule has 1 aliphatic heterocycles. The van der Waals surface area contributed by atoms with Gasteiger partial charge in [-0.15, -0.1) is 11.3 Å². The molecule has 0 saturated carbocycles. The summed E-state index contributed by atoms with van der Waals surface area (Å²) in [7, 11) is 4.56. The molecule has 158 valence electrons. The molecule has 8 nitrogen and oxygen atoms in total. The Bertz CT molecular complexity index is 701. The molecule has 0 spiro atoms. The molecular weight excluding hydrogens is 384 g/mol. The van der Waals surface area contributed by atoms with Gasteiger partial charge in [0.15, 0.2) is 0 Å². The van der Waals surface area contributed by atoms with Crippen LogP contribution >= 0.6 is 11.3 Å². The van der Waals surface area contributed by atoms with Gasteiger partial charge in [-0.25, -0.2) is 9.78 Å². The smallest absolute Gasteiger partial charge is 0.411 e. The number of carbonyl (C=O) groups is 2. The lowest BCUT2D eigenvalue weighted by Crippen LogP contribution is -2.49. The SMILES string of the molecule is COC[C@@]1(c2ncc(C(C)C(=O)OC)s2)C[C@H](OC)CN1C(=O)OC(C)(C)C. The van der Waals surface area contributed by atoms with Gasteiger partial charge in [-0.2, -0.15) is 0 Å². The van der Waals surface area contributed by atoms with Crippen LogP contribution in [-0.2, 0) is 29.3 Å². The highest BCUT2D eigenvalue weighted by Crippen LogP contribution is 2.43. The third-order valence-corrected chi connectivity index (χ3v) is 6.08. The van der Waals surface area contributed by atoms with E-state index in [0.29, 0.717) is 18.0 Å². The zero-order valence-electron chi connectivity index (χ0n) is 17.6. The van der Waals surface area contributed by atoms with E-state index in [1.165, 1.54) is 18.4 Å². The number of thiazole rings is 1. The zero-order chi connectivity index (χ0) is 21.1. The maximum Gasteiger partial charge on any atom is 0.411 e. The average molecular weight is 415 g/mol. The number of esters is 1. The van der Waals surface area contributed by atoms with Crippen LogP contribution in [0.2, 0.25) is 0 Å². The van der Waals surface area contributed by atoms with E-state index in [2.05, 4.69) is 4.98 Å². The molecule has 1 aromatic heterocycles. The van der Waals surface area contributed by atoms with E-state index in [-0.39, 0.29) is 18.7 Å². The van der Waals surface area contributed by atoms with E-state index in [1.54, 1.807) is 32.2 Å². The van der Waals surface area contributed by atoms with E-state index >= 15 is 0 Å². The lowest BCUT2D eigenvalue weighted by molar-refractivity contribution is -0.141. The van der Waals surface area contributed by atoms with Crippen molar-refractivity contribution in [2.45, 2.75) is 57.3 Å². The van der Waals surface area contributed by atoms with Crippen molar-refractivity contribution in [3.05, 3.63) is 16.1 Å². The third kappa shape index (κ3) is 4.64. The predicted octanol–water partition coefficient (Wildman–Crippen LogP) is 2.92. The van der Waals surface area contributed by atoms with E-state index < -0.39 is 23.2 Å². The van der Waals surface area contributed by atoms with Crippen molar-refractivity contribution in [3.8, 4) is 0 Å². The summed E-state index contributed by atoms with van der Waals surface area (Å²) in [4.78, 5) is 31.8. The summed E-state index contributed by atoms with van der Waals surface area (Å²) in [5.41, 5.74) is -1.45. The minimum absolute atomic E-state index is 0.173. The topological polar surface area (TPSA) is 87.2 Å². The molecule has 2 rings (SSSR count). The Balaban J connectivity index is 2.44. The summed E-state index contributed by atoms with van der Waals surface area (Å²) in [5.74, 6) is -0.772. The number of hydrogen-bond donors (Lipinski definition) is 0. The number of hydrogen-bond acceptors (Lipinski definition) is 8. The van der Waals surface area contributed by atoms with Crippen LogP contribution in [-0.4, -0.2) is 68.1 Å². The van der Waals surface area contributed by atoms with Gasteiger partial charge in [0.25, 0.3) is 0 Å². The predicted molar refractivity (Wildman–Crippen MR) is 104 cm³/mol. The fourth-order valence-electron chi connectivity index (χ4n) is 3.29. The number of amides is 1. The van der Waals surface area contributed by atoms with Crippen molar-refractivity contribution < 1.29 is 28.5 Å². The highest BCUT2D eigenvalue weighted by Gasteiger charge is 2.53. The summed E-state index contributed by atoms with van der Waals surface area (Å²) in [6.07, 6.45) is 1.57. The third-order valence-electron chi connectivity index (χ3n) is 4.70. The summed E-state index contributed by atoms with van der Waals surface area (Å²) in [5, 5.41) is 0.686. The van der Waals surface area contributed by atoms with Gasteiger partial charge in [0.1, 0.15) is 16.1 Å². The van der Waals surface area contributed by atoms with Crippen LogP contribution in [0.25, 0.3) is 0 Å².